The van der Waals surface area contributed by atoms with Crippen LogP contribution in [-0.4, -0.2) is 69.5 Å². The van der Waals surface area contributed by atoms with Gasteiger partial charge in [-0.05, 0) is 12.3 Å². The molecule has 0 aromatic heterocycles. The van der Waals surface area contributed by atoms with Crippen molar-refractivity contribution in [3.8, 4) is 0 Å². The quantitative estimate of drug-likeness (QED) is 0.740. The highest BCUT2D eigenvalue weighted by atomic mass is 32.2. The number of nitrogens with one attached hydrogen (secondary N) is 1. The van der Waals surface area contributed by atoms with Crippen LogP contribution in [0.2, 0.25) is 0 Å². The maximum atomic E-state index is 12.2. The summed E-state index contributed by atoms with van der Waals surface area (Å²) in [6.45, 7) is 4.84. The third-order valence-corrected chi connectivity index (χ3v) is 4.82. The van der Waals surface area contributed by atoms with E-state index >= 15 is 0 Å². The van der Waals surface area contributed by atoms with Crippen LogP contribution in [0.4, 0.5) is 4.79 Å². The first-order valence-electron chi connectivity index (χ1n) is 7.58. The summed E-state index contributed by atoms with van der Waals surface area (Å²) in [4.78, 5) is 42.5. The number of hydrogen-bond donors (Lipinski definition) is 2. The Morgan fingerprint density at radius 1 is 1.43 bits per heavy atom. The fourth-order valence-corrected chi connectivity index (χ4v) is 3.50. The minimum atomic E-state index is -0.868. The van der Waals surface area contributed by atoms with Gasteiger partial charge in [-0.2, -0.15) is 0 Å². The molecule has 2 unspecified atom stereocenters. The summed E-state index contributed by atoms with van der Waals surface area (Å²) in [6.07, 6.45) is 0.362. The Balaban J connectivity index is 2.16. The summed E-state index contributed by atoms with van der Waals surface area (Å²) in [5, 5.41) is 11.8. The van der Waals surface area contributed by atoms with E-state index in [2.05, 4.69) is 24.2 Å². The van der Waals surface area contributed by atoms with E-state index in [1.54, 1.807) is 7.05 Å². The van der Waals surface area contributed by atoms with E-state index in [1.807, 2.05) is 4.90 Å². The predicted molar refractivity (Wildman–Crippen MR) is 87.2 cm³/mol. The average Bonchev–Trinajstić information content (AvgIpc) is 2.81. The lowest BCUT2D eigenvalue weighted by Crippen LogP contribution is -2.63. The molecule has 0 aromatic rings. The first kappa shape index (κ1) is 17.6. The minimum Gasteiger partial charge on any atom is -0.481 e. The Bertz CT molecular complexity index is 537. The molecular weight excluding hydrogens is 320 g/mol. The van der Waals surface area contributed by atoms with Gasteiger partial charge in [-0.3, -0.25) is 14.9 Å². The number of carboxylic acid groups (broad SMARTS) is 1. The second-order valence-corrected chi connectivity index (χ2v) is 7.11. The standard InChI is InChI=1S/C14H22N4O4S/c1-8(2)4-6-18-10-11(17(3)13(22)16-12(10)21)15-14(18)23-7-5-9(19)20/h8,10-11H,4-7H2,1-3H3,(H,19,20)(H,16,21,22). The number of amides is 3. The molecule has 128 valence electrons. The Kier molecular flexibility index (Phi) is 5.51. The van der Waals surface area contributed by atoms with E-state index in [-0.39, 0.29) is 12.3 Å². The number of carboxylic acids is 1. The molecule has 0 radical (unpaired) electrons. The van der Waals surface area contributed by atoms with E-state index in [4.69, 9.17) is 5.11 Å². The van der Waals surface area contributed by atoms with Gasteiger partial charge in [0, 0.05) is 19.3 Å². The summed E-state index contributed by atoms with van der Waals surface area (Å²) in [5.41, 5.74) is 0. The zero-order chi connectivity index (χ0) is 17.1. The molecule has 0 aliphatic carbocycles. The van der Waals surface area contributed by atoms with Crippen molar-refractivity contribution in [3.05, 3.63) is 0 Å². The van der Waals surface area contributed by atoms with Crippen molar-refractivity contribution in [1.82, 2.24) is 15.1 Å². The summed E-state index contributed by atoms with van der Waals surface area (Å²) in [5.74, 6) is -0.373. The van der Waals surface area contributed by atoms with Crippen molar-refractivity contribution in [2.45, 2.75) is 38.9 Å². The maximum Gasteiger partial charge on any atom is 0.325 e. The van der Waals surface area contributed by atoms with Crippen LogP contribution in [0.3, 0.4) is 0 Å². The Morgan fingerprint density at radius 3 is 2.74 bits per heavy atom. The second kappa shape index (κ2) is 7.20. The van der Waals surface area contributed by atoms with Crippen molar-refractivity contribution in [2.75, 3.05) is 19.3 Å². The topological polar surface area (TPSA) is 102 Å². The maximum absolute atomic E-state index is 12.2. The van der Waals surface area contributed by atoms with Gasteiger partial charge in [0.1, 0.15) is 0 Å². The number of hydrogen-bond acceptors (Lipinski definition) is 6. The molecule has 0 bridgehead atoms. The molecule has 1 fully saturated rings. The van der Waals surface area contributed by atoms with Gasteiger partial charge in [-0.15, -0.1) is 0 Å². The van der Waals surface area contributed by atoms with Crippen LogP contribution in [0.5, 0.6) is 0 Å². The monoisotopic (exact) mass is 342 g/mol. The van der Waals surface area contributed by atoms with E-state index < -0.39 is 24.2 Å². The third-order valence-electron chi connectivity index (χ3n) is 3.82. The van der Waals surface area contributed by atoms with Crippen LogP contribution in [0.15, 0.2) is 4.99 Å². The molecule has 3 amide bonds. The van der Waals surface area contributed by atoms with Gasteiger partial charge in [0.25, 0.3) is 5.91 Å². The largest absolute Gasteiger partial charge is 0.481 e. The van der Waals surface area contributed by atoms with E-state index in [9.17, 15) is 14.4 Å². The number of fused-ring (bicyclic) bond motifs is 1. The fourth-order valence-electron chi connectivity index (χ4n) is 2.48. The molecule has 8 nitrogen and oxygen atoms in total. The molecule has 2 aliphatic rings. The first-order chi connectivity index (χ1) is 10.8. The zero-order valence-electron chi connectivity index (χ0n) is 13.5. The van der Waals surface area contributed by atoms with Gasteiger partial charge < -0.3 is 14.9 Å². The highest BCUT2D eigenvalue weighted by Crippen LogP contribution is 2.29. The van der Waals surface area contributed by atoms with Gasteiger partial charge >= 0.3 is 12.0 Å². The van der Waals surface area contributed by atoms with Crippen LogP contribution in [0, 0.1) is 5.92 Å². The lowest BCUT2D eigenvalue weighted by molar-refractivity contribution is -0.136. The number of aliphatic carboxylic acids is 1. The van der Waals surface area contributed by atoms with E-state index in [0.717, 1.165) is 6.42 Å². The van der Waals surface area contributed by atoms with E-state index in [0.29, 0.717) is 23.4 Å². The van der Waals surface area contributed by atoms with Crippen LogP contribution in [-0.2, 0) is 9.59 Å². The molecule has 2 N–H and O–H groups in total. The van der Waals surface area contributed by atoms with Crippen molar-refractivity contribution >= 4 is 34.8 Å². The van der Waals surface area contributed by atoms with Crippen LogP contribution >= 0.6 is 11.8 Å². The summed E-state index contributed by atoms with van der Waals surface area (Å²) < 4.78 is 0. The number of amidine groups is 1. The molecule has 9 heteroatoms. The SMILES string of the molecule is CC(C)CCN1C(SCCC(=O)O)=NC2C1C(=O)NC(=O)N2C. The molecule has 2 heterocycles. The van der Waals surface area contributed by atoms with E-state index in [1.165, 1.54) is 16.7 Å². The number of carbonyl (C=O) groups excluding carboxylic acids is 2. The second-order valence-electron chi connectivity index (χ2n) is 6.04. The number of carbonyl (C=O) groups is 3. The molecular formula is C14H22N4O4S. The summed E-state index contributed by atoms with van der Waals surface area (Å²) >= 11 is 1.32. The van der Waals surface area contributed by atoms with Crippen LogP contribution < -0.4 is 5.32 Å². The Morgan fingerprint density at radius 2 is 2.13 bits per heavy atom. The molecule has 0 aromatic carbocycles. The Labute approximate surface area is 139 Å². The fraction of sp³-hybridized carbons (Fsp3) is 0.714. The normalized spacial score (nSPS) is 23.9. The number of urea groups is 1. The predicted octanol–water partition coefficient (Wildman–Crippen LogP) is 0.788. The lowest BCUT2D eigenvalue weighted by atomic mass is 10.1. The lowest BCUT2D eigenvalue weighted by Gasteiger charge is -2.36. The van der Waals surface area contributed by atoms with Crippen LogP contribution in [0.25, 0.3) is 0 Å². The molecule has 2 rings (SSSR count). The smallest absolute Gasteiger partial charge is 0.325 e. The van der Waals surface area contributed by atoms with Gasteiger partial charge in [0.2, 0.25) is 0 Å². The molecule has 1 saturated heterocycles. The van der Waals surface area contributed by atoms with Gasteiger partial charge in [0.15, 0.2) is 17.4 Å². The van der Waals surface area contributed by atoms with Crippen molar-refractivity contribution in [2.24, 2.45) is 10.9 Å². The number of rotatable bonds is 6. The highest BCUT2D eigenvalue weighted by molar-refractivity contribution is 8.13. The molecule has 0 spiro atoms. The van der Waals surface area contributed by atoms with Crippen molar-refractivity contribution < 1.29 is 19.5 Å². The number of aliphatic imine (C=N–C) groups is 1. The Hall–Kier alpha value is -1.77. The van der Waals surface area contributed by atoms with Gasteiger partial charge in [-0.1, -0.05) is 25.6 Å². The van der Waals surface area contributed by atoms with Gasteiger partial charge in [-0.25, -0.2) is 9.79 Å². The molecule has 23 heavy (non-hydrogen) atoms. The third kappa shape index (κ3) is 3.95. The summed E-state index contributed by atoms with van der Waals surface area (Å²) in [7, 11) is 1.61. The van der Waals surface area contributed by atoms with Crippen LogP contribution in [0.1, 0.15) is 26.7 Å². The number of nitrogens with zero attached hydrogens (tertiary/aromatic N) is 3. The first-order valence-corrected chi connectivity index (χ1v) is 8.56. The minimum absolute atomic E-state index is 0.0258. The average molecular weight is 342 g/mol. The molecule has 0 saturated carbocycles. The van der Waals surface area contributed by atoms with Crippen molar-refractivity contribution in [1.29, 1.82) is 0 Å². The summed E-state index contributed by atoms with van der Waals surface area (Å²) in [6, 6.07) is -0.996. The molecule has 2 atom stereocenters. The zero-order valence-corrected chi connectivity index (χ0v) is 14.3. The van der Waals surface area contributed by atoms with Crippen molar-refractivity contribution in [3.63, 3.8) is 0 Å². The van der Waals surface area contributed by atoms with Gasteiger partial charge in [0.05, 0.1) is 6.42 Å². The molecule has 2 aliphatic heterocycles. The number of thioether (sulfide) groups is 1. The highest BCUT2D eigenvalue weighted by Gasteiger charge is 2.48. The number of imide groups is 1. The number of likely N-dealkylation sites (N-methyl/N-ethyl adjacent to an activating group) is 1.